The average molecular weight is 425 g/mol. The number of benzene rings is 2. The van der Waals surface area contributed by atoms with Crippen molar-refractivity contribution in [2.45, 2.75) is 20.1 Å². The monoisotopic (exact) mass is 424 g/mol. The third-order valence-electron chi connectivity index (χ3n) is 5.28. The van der Waals surface area contributed by atoms with Crippen molar-refractivity contribution in [2.24, 2.45) is 0 Å². The summed E-state index contributed by atoms with van der Waals surface area (Å²) in [5, 5.41) is 1.90. The number of carbonyl (C=O) groups excluding carboxylic acids is 1. The number of halogens is 1. The van der Waals surface area contributed by atoms with Crippen LogP contribution in [0.5, 0.6) is 5.75 Å². The van der Waals surface area contributed by atoms with Gasteiger partial charge >= 0.3 is 0 Å². The van der Waals surface area contributed by atoms with Crippen molar-refractivity contribution >= 4 is 17.2 Å². The fourth-order valence-corrected chi connectivity index (χ4v) is 4.37. The minimum absolute atomic E-state index is 0.0622. The number of para-hydroxylation sites is 1. The highest BCUT2D eigenvalue weighted by Crippen LogP contribution is 2.22. The Bertz CT molecular complexity index is 994. The molecule has 0 saturated carbocycles. The predicted molar refractivity (Wildman–Crippen MR) is 117 cm³/mol. The van der Waals surface area contributed by atoms with E-state index in [0.717, 1.165) is 38.3 Å². The van der Waals surface area contributed by atoms with Crippen molar-refractivity contribution in [3.8, 4) is 5.75 Å². The molecule has 4 rings (SSSR count). The molecule has 0 unspecified atom stereocenters. The van der Waals surface area contributed by atoms with Crippen LogP contribution in [0.1, 0.15) is 26.4 Å². The minimum atomic E-state index is -0.382. The smallest absolute Gasteiger partial charge is 0.264 e. The predicted octanol–water partition coefficient (Wildman–Crippen LogP) is 4.73. The molecule has 2 heterocycles. The van der Waals surface area contributed by atoms with Gasteiger partial charge in [0.05, 0.1) is 4.88 Å². The fraction of sp³-hybridized carbons (Fsp3) is 0.292. The molecule has 1 saturated heterocycles. The summed E-state index contributed by atoms with van der Waals surface area (Å²) in [5.41, 5.74) is 3.45. The number of amides is 1. The summed E-state index contributed by atoms with van der Waals surface area (Å²) in [6.45, 7) is 6.44. The molecule has 0 aliphatic carbocycles. The third kappa shape index (κ3) is 5.07. The van der Waals surface area contributed by atoms with E-state index >= 15 is 0 Å². The van der Waals surface area contributed by atoms with Gasteiger partial charge in [-0.25, -0.2) is 4.39 Å². The molecule has 156 valence electrons. The molecule has 1 fully saturated rings. The van der Waals surface area contributed by atoms with Crippen molar-refractivity contribution in [1.82, 2.24) is 9.80 Å². The van der Waals surface area contributed by atoms with E-state index in [1.807, 2.05) is 16.3 Å². The summed E-state index contributed by atoms with van der Waals surface area (Å²) in [7, 11) is 0. The topological polar surface area (TPSA) is 32.8 Å². The van der Waals surface area contributed by atoms with Crippen LogP contribution in [0.2, 0.25) is 0 Å². The normalized spacial score (nSPS) is 14.7. The first-order valence-corrected chi connectivity index (χ1v) is 11.0. The maximum atomic E-state index is 13.7. The molecule has 0 spiro atoms. The van der Waals surface area contributed by atoms with Crippen LogP contribution in [-0.2, 0) is 13.2 Å². The van der Waals surface area contributed by atoms with Crippen LogP contribution in [0.15, 0.2) is 60.0 Å². The van der Waals surface area contributed by atoms with Gasteiger partial charge in [0.1, 0.15) is 6.61 Å². The molecule has 30 heavy (non-hydrogen) atoms. The van der Waals surface area contributed by atoms with E-state index in [9.17, 15) is 9.18 Å². The summed E-state index contributed by atoms with van der Waals surface area (Å²) in [4.78, 5) is 17.9. The van der Waals surface area contributed by atoms with Crippen LogP contribution in [0.4, 0.5) is 4.39 Å². The van der Waals surface area contributed by atoms with E-state index in [0.29, 0.717) is 4.88 Å². The molecule has 6 heteroatoms. The minimum Gasteiger partial charge on any atom is -0.486 e. The molecule has 1 aromatic heterocycles. The van der Waals surface area contributed by atoms with Crippen molar-refractivity contribution in [3.05, 3.63) is 87.4 Å². The Hall–Kier alpha value is -2.70. The second-order valence-electron chi connectivity index (χ2n) is 7.59. The van der Waals surface area contributed by atoms with Gasteiger partial charge in [0.15, 0.2) is 11.6 Å². The third-order valence-corrected chi connectivity index (χ3v) is 6.25. The number of hydrogen-bond acceptors (Lipinski definition) is 4. The zero-order chi connectivity index (χ0) is 20.9. The second kappa shape index (κ2) is 9.41. The first kappa shape index (κ1) is 20.6. The lowest BCUT2D eigenvalue weighted by Gasteiger charge is -2.34. The van der Waals surface area contributed by atoms with E-state index in [-0.39, 0.29) is 24.1 Å². The van der Waals surface area contributed by atoms with Crippen molar-refractivity contribution in [3.63, 3.8) is 0 Å². The quantitative estimate of drug-likeness (QED) is 0.573. The van der Waals surface area contributed by atoms with Gasteiger partial charge in [-0.15, -0.1) is 11.3 Å². The van der Waals surface area contributed by atoms with E-state index in [4.69, 9.17) is 4.74 Å². The Morgan fingerprint density at radius 3 is 2.50 bits per heavy atom. The Kier molecular flexibility index (Phi) is 6.45. The molecule has 3 aromatic rings. The van der Waals surface area contributed by atoms with Crippen LogP contribution in [0.25, 0.3) is 0 Å². The second-order valence-corrected chi connectivity index (χ2v) is 8.50. The van der Waals surface area contributed by atoms with Gasteiger partial charge in [-0.3, -0.25) is 9.69 Å². The number of hydrogen-bond donors (Lipinski definition) is 0. The van der Waals surface area contributed by atoms with Gasteiger partial charge in [-0.1, -0.05) is 42.0 Å². The number of piperazine rings is 1. The Labute approximate surface area is 180 Å². The van der Waals surface area contributed by atoms with Gasteiger partial charge < -0.3 is 9.64 Å². The van der Waals surface area contributed by atoms with Crippen LogP contribution >= 0.6 is 11.3 Å². The molecule has 0 bridgehead atoms. The lowest BCUT2D eigenvalue weighted by Crippen LogP contribution is -2.48. The molecule has 1 amide bonds. The number of rotatable bonds is 6. The van der Waals surface area contributed by atoms with Crippen molar-refractivity contribution < 1.29 is 13.9 Å². The number of carbonyl (C=O) groups is 1. The molecule has 4 nitrogen and oxygen atoms in total. The zero-order valence-corrected chi connectivity index (χ0v) is 17.8. The number of aryl methyl sites for hydroxylation is 1. The number of ether oxygens (including phenoxy) is 1. The van der Waals surface area contributed by atoms with Crippen LogP contribution in [-0.4, -0.2) is 41.9 Å². The SMILES string of the molecule is Cc1ccc(CN2CCN(C(=O)c3cc(COc4ccccc4F)cs3)CC2)cc1. The largest absolute Gasteiger partial charge is 0.486 e. The average Bonchev–Trinajstić information content (AvgIpc) is 3.24. The summed E-state index contributed by atoms with van der Waals surface area (Å²) >= 11 is 1.42. The molecule has 2 aromatic carbocycles. The van der Waals surface area contributed by atoms with E-state index in [2.05, 4.69) is 36.1 Å². The van der Waals surface area contributed by atoms with Gasteiger partial charge in [0.2, 0.25) is 0 Å². The van der Waals surface area contributed by atoms with Crippen molar-refractivity contribution in [1.29, 1.82) is 0 Å². The molecule has 0 N–H and O–H groups in total. The van der Waals surface area contributed by atoms with Gasteiger partial charge in [-0.05, 0) is 36.1 Å². The van der Waals surface area contributed by atoms with E-state index < -0.39 is 0 Å². The Balaban J connectivity index is 1.28. The highest BCUT2D eigenvalue weighted by atomic mass is 32.1. The maximum Gasteiger partial charge on any atom is 0.264 e. The van der Waals surface area contributed by atoms with Crippen LogP contribution in [0.3, 0.4) is 0 Å². The van der Waals surface area contributed by atoms with Crippen molar-refractivity contribution in [2.75, 3.05) is 26.2 Å². The molecule has 1 aliphatic heterocycles. The van der Waals surface area contributed by atoms with Crippen LogP contribution in [0, 0.1) is 12.7 Å². The Morgan fingerprint density at radius 2 is 1.77 bits per heavy atom. The standard InChI is InChI=1S/C24H25FN2O2S/c1-18-6-8-19(9-7-18)15-26-10-12-27(13-11-26)24(28)23-14-20(17-30-23)16-29-22-5-3-2-4-21(22)25/h2-9,14,17H,10-13,15-16H2,1H3. The highest BCUT2D eigenvalue weighted by Gasteiger charge is 2.23. The van der Waals surface area contributed by atoms with E-state index in [1.165, 1.54) is 28.5 Å². The molecular weight excluding hydrogens is 399 g/mol. The fourth-order valence-electron chi connectivity index (χ4n) is 3.50. The first-order chi connectivity index (χ1) is 14.6. The molecule has 0 atom stereocenters. The first-order valence-electron chi connectivity index (χ1n) is 10.1. The van der Waals surface area contributed by atoms with E-state index in [1.54, 1.807) is 18.2 Å². The molecular formula is C24H25FN2O2S. The summed E-state index contributed by atoms with van der Waals surface area (Å²) in [5.74, 6) is -0.0964. The van der Waals surface area contributed by atoms with Gasteiger partial charge in [0.25, 0.3) is 5.91 Å². The highest BCUT2D eigenvalue weighted by molar-refractivity contribution is 7.12. The molecule has 0 radical (unpaired) electrons. The summed E-state index contributed by atoms with van der Waals surface area (Å²) in [6.07, 6.45) is 0. The summed E-state index contributed by atoms with van der Waals surface area (Å²) in [6, 6.07) is 16.8. The zero-order valence-electron chi connectivity index (χ0n) is 17.0. The summed E-state index contributed by atoms with van der Waals surface area (Å²) < 4.78 is 19.2. The lowest BCUT2D eigenvalue weighted by molar-refractivity contribution is 0.0633. The number of nitrogens with zero attached hydrogens (tertiary/aromatic N) is 2. The lowest BCUT2D eigenvalue weighted by atomic mass is 10.1. The maximum absolute atomic E-state index is 13.7. The van der Waals surface area contributed by atoms with Crippen LogP contribution < -0.4 is 4.74 Å². The Morgan fingerprint density at radius 1 is 1.03 bits per heavy atom. The van der Waals surface area contributed by atoms with Gasteiger partial charge in [0, 0.05) is 38.3 Å². The number of thiophene rings is 1. The van der Waals surface area contributed by atoms with Gasteiger partial charge in [-0.2, -0.15) is 0 Å². The molecule has 1 aliphatic rings.